The van der Waals surface area contributed by atoms with Gasteiger partial charge in [0, 0.05) is 13.1 Å². The van der Waals surface area contributed by atoms with Gasteiger partial charge in [0.15, 0.2) is 9.84 Å². The molecule has 0 unspecified atom stereocenters. The van der Waals surface area contributed by atoms with Crippen LogP contribution in [0.25, 0.3) is 0 Å². The molecule has 14 heavy (non-hydrogen) atoms. The van der Waals surface area contributed by atoms with E-state index in [1.807, 2.05) is 0 Å². The highest BCUT2D eigenvalue weighted by Gasteiger charge is 2.21. The third-order valence-electron chi connectivity index (χ3n) is 2.07. The summed E-state index contributed by atoms with van der Waals surface area (Å²) in [6.45, 7) is 2.36. The number of sulfone groups is 1. The monoisotopic (exact) mass is 215 g/mol. The fraction of sp³-hybridized carbons (Fsp3) is 0.667. The van der Waals surface area contributed by atoms with Crippen LogP contribution >= 0.6 is 0 Å². The number of carbonyl (C=O) groups is 1. The van der Waals surface area contributed by atoms with Crippen molar-refractivity contribution < 1.29 is 13.2 Å². The largest absolute Gasteiger partial charge is 0.331 e. The summed E-state index contributed by atoms with van der Waals surface area (Å²) >= 11 is 0. The van der Waals surface area contributed by atoms with E-state index >= 15 is 0 Å². The number of carbonyl (C=O) groups excluding carboxylic acids is 1. The van der Waals surface area contributed by atoms with Crippen molar-refractivity contribution in [2.24, 2.45) is 0 Å². The molecular weight excluding hydrogens is 202 g/mol. The highest BCUT2D eigenvalue weighted by Crippen LogP contribution is 2.04. The van der Waals surface area contributed by atoms with E-state index in [4.69, 9.17) is 0 Å². The molecule has 1 heterocycles. The molecule has 0 N–H and O–H groups in total. The second kappa shape index (κ2) is 4.47. The van der Waals surface area contributed by atoms with Gasteiger partial charge in [-0.1, -0.05) is 5.92 Å². The molecule has 0 bridgehead atoms. The van der Waals surface area contributed by atoms with Gasteiger partial charge in [-0.25, -0.2) is 8.42 Å². The van der Waals surface area contributed by atoms with Crippen molar-refractivity contribution in [3.8, 4) is 11.8 Å². The van der Waals surface area contributed by atoms with Crippen molar-refractivity contribution in [2.75, 3.05) is 24.6 Å². The minimum Gasteiger partial charge on any atom is -0.331 e. The van der Waals surface area contributed by atoms with Gasteiger partial charge >= 0.3 is 0 Å². The normalized spacial score (nSPS) is 20.5. The summed E-state index contributed by atoms with van der Waals surface area (Å²) in [7, 11) is -2.94. The number of nitrogens with zero attached hydrogens (tertiary/aromatic N) is 1. The number of amides is 1. The summed E-state index contributed by atoms with van der Waals surface area (Å²) in [6, 6.07) is 0. The lowest BCUT2D eigenvalue weighted by Gasteiger charge is -2.15. The molecule has 1 rings (SSSR count). The summed E-state index contributed by atoms with van der Waals surface area (Å²) < 4.78 is 22.4. The maximum absolute atomic E-state index is 11.3. The second-order valence-corrected chi connectivity index (χ2v) is 5.48. The molecule has 1 aliphatic rings. The Labute approximate surface area is 84.2 Å². The third-order valence-corrected chi connectivity index (χ3v) is 3.79. The molecule has 0 atom stereocenters. The minimum absolute atomic E-state index is 0.0597. The zero-order valence-corrected chi connectivity index (χ0v) is 8.93. The van der Waals surface area contributed by atoms with Crippen molar-refractivity contribution in [1.82, 2.24) is 4.90 Å². The van der Waals surface area contributed by atoms with Gasteiger partial charge in [0.05, 0.1) is 11.5 Å². The van der Waals surface area contributed by atoms with E-state index in [0.717, 1.165) is 0 Å². The standard InChI is InChI=1S/C9H13NO3S/c1-2-4-9(11)10-5-3-7-14(12,13)8-6-10/h3,5-8H2,1H3. The van der Waals surface area contributed by atoms with Crippen LogP contribution < -0.4 is 0 Å². The lowest BCUT2D eigenvalue weighted by atomic mass is 10.4. The van der Waals surface area contributed by atoms with Crippen molar-refractivity contribution in [2.45, 2.75) is 13.3 Å². The molecule has 1 aliphatic heterocycles. The van der Waals surface area contributed by atoms with Gasteiger partial charge in [0.2, 0.25) is 0 Å². The van der Waals surface area contributed by atoms with Crippen molar-refractivity contribution in [1.29, 1.82) is 0 Å². The fourth-order valence-electron chi connectivity index (χ4n) is 1.33. The van der Waals surface area contributed by atoms with Crippen LogP contribution in [-0.4, -0.2) is 43.8 Å². The summed E-state index contributed by atoms with van der Waals surface area (Å²) in [6.07, 6.45) is 0.513. The Balaban J connectivity index is 2.66. The molecule has 0 radical (unpaired) electrons. The fourth-order valence-corrected chi connectivity index (χ4v) is 2.60. The van der Waals surface area contributed by atoms with E-state index in [9.17, 15) is 13.2 Å². The molecule has 4 nitrogen and oxygen atoms in total. The van der Waals surface area contributed by atoms with Gasteiger partial charge < -0.3 is 4.90 Å². The van der Waals surface area contributed by atoms with E-state index in [-0.39, 0.29) is 24.0 Å². The molecular formula is C9H13NO3S. The summed E-state index contributed by atoms with van der Waals surface area (Å²) in [5.41, 5.74) is 0. The van der Waals surface area contributed by atoms with Gasteiger partial charge in [-0.15, -0.1) is 0 Å². The van der Waals surface area contributed by atoms with E-state index in [0.29, 0.717) is 13.0 Å². The van der Waals surface area contributed by atoms with Crippen LogP contribution in [0, 0.1) is 11.8 Å². The average molecular weight is 215 g/mol. The van der Waals surface area contributed by atoms with Crippen LogP contribution in [0.15, 0.2) is 0 Å². The zero-order chi connectivity index (χ0) is 10.6. The van der Waals surface area contributed by atoms with E-state index < -0.39 is 9.84 Å². The maximum atomic E-state index is 11.3. The Bertz CT molecular complexity index is 375. The van der Waals surface area contributed by atoms with E-state index in [1.54, 1.807) is 6.92 Å². The van der Waals surface area contributed by atoms with Crippen molar-refractivity contribution >= 4 is 15.7 Å². The van der Waals surface area contributed by atoms with Crippen LogP contribution in [0.2, 0.25) is 0 Å². The van der Waals surface area contributed by atoms with E-state index in [2.05, 4.69) is 11.8 Å². The Hall–Kier alpha value is -1.02. The first-order chi connectivity index (χ1) is 6.55. The lowest BCUT2D eigenvalue weighted by molar-refractivity contribution is -0.124. The van der Waals surface area contributed by atoms with Crippen LogP contribution in [0.3, 0.4) is 0 Å². The Morgan fingerprint density at radius 1 is 1.29 bits per heavy atom. The quantitative estimate of drug-likeness (QED) is 0.519. The molecule has 1 fully saturated rings. The summed E-state index contributed by atoms with van der Waals surface area (Å²) in [5, 5.41) is 0. The molecule has 0 aromatic heterocycles. The van der Waals surface area contributed by atoms with E-state index in [1.165, 1.54) is 4.90 Å². The summed E-state index contributed by atoms with van der Waals surface area (Å²) in [5.74, 6) is 4.89. The maximum Gasteiger partial charge on any atom is 0.298 e. The number of hydrogen-bond acceptors (Lipinski definition) is 3. The molecule has 1 saturated heterocycles. The average Bonchev–Trinajstić information content (AvgIpc) is 2.27. The Kier molecular flexibility index (Phi) is 3.53. The van der Waals surface area contributed by atoms with Gasteiger partial charge in [0.25, 0.3) is 5.91 Å². The predicted molar refractivity (Wildman–Crippen MR) is 53.3 cm³/mol. The van der Waals surface area contributed by atoms with Crippen LogP contribution in [0.5, 0.6) is 0 Å². The molecule has 5 heteroatoms. The molecule has 78 valence electrons. The first-order valence-corrected chi connectivity index (χ1v) is 6.29. The highest BCUT2D eigenvalue weighted by molar-refractivity contribution is 7.91. The van der Waals surface area contributed by atoms with Crippen LogP contribution in [0.1, 0.15) is 13.3 Å². The first-order valence-electron chi connectivity index (χ1n) is 4.47. The zero-order valence-electron chi connectivity index (χ0n) is 8.12. The smallest absolute Gasteiger partial charge is 0.298 e. The molecule has 0 aromatic rings. The number of rotatable bonds is 0. The second-order valence-electron chi connectivity index (χ2n) is 3.17. The predicted octanol–water partition coefficient (Wildman–Crippen LogP) is -0.343. The summed E-state index contributed by atoms with van der Waals surface area (Å²) in [4.78, 5) is 12.8. The molecule has 0 spiro atoms. The third kappa shape index (κ3) is 3.04. The highest BCUT2D eigenvalue weighted by atomic mass is 32.2. The van der Waals surface area contributed by atoms with Gasteiger partial charge in [-0.05, 0) is 19.3 Å². The Morgan fingerprint density at radius 3 is 2.64 bits per heavy atom. The van der Waals surface area contributed by atoms with Crippen LogP contribution in [0.4, 0.5) is 0 Å². The first kappa shape index (κ1) is 11.1. The van der Waals surface area contributed by atoms with Gasteiger partial charge in [0.1, 0.15) is 0 Å². The van der Waals surface area contributed by atoms with Gasteiger partial charge in [-0.3, -0.25) is 4.79 Å². The molecule has 0 aliphatic carbocycles. The van der Waals surface area contributed by atoms with Crippen molar-refractivity contribution in [3.05, 3.63) is 0 Å². The lowest BCUT2D eigenvalue weighted by Crippen LogP contribution is -2.32. The Morgan fingerprint density at radius 2 is 2.00 bits per heavy atom. The molecule has 1 amide bonds. The topological polar surface area (TPSA) is 54.5 Å². The van der Waals surface area contributed by atoms with Crippen LogP contribution in [-0.2, 0) is 14.6 Å². The minimum atomic E-state index is -2.94. The van der Waals surface area contributed by atoms with Gasteiger partial charge in [-0.2, -0.15) is 0 Å². The molecule has 0 aromatic carbocycles. The number of hydrogen-bond donors (Lipinski definition) is 0. The molecule has 0 saturated carbocycles. The SMILES string of the molecule is CC#CC(=O)N1CCCS(=O)(=O)CC1. The van der Waals surface area contributed by atoms with Crippen molar-refractivity contribution in [3.63, 3.8) is 0 Å².